The van der Waals surface area contributed by atoms with E-state index < -0.39 is 19.8 Å². The minimum atomic E-state index is -1.80. The zero-order valence-corrected chi connectivity index (χ0v) is 19.8. The molecule has 3 aliphatic carbocycles. The summed E-state index contributed by atoms with van der Waals surface area (Å²) in [5.41, 5.74) is -0.429. The van der Waals surface area contributed by atoms with Crippen molar-refractivity contribution in [2.24, 2.45) is 29.1 Å². The molecule has 0 aliphatic heterocycles. The van der Waals surface area contributed by atoms with Crippen LogP contribution >= 0.6 is 0 Å². The number of Topliss-reactive ketones (excluding diaryl/α,β-unsaturated/α-hetero) is 1. The molecular formula is C22H40O4Si. The second-order valence-electron chi connectivity index (χ2n) is 10.6. The molecule has 27 heavy (non-hydrogen) atoms. The number of hydrogen-bond donors (Lipinski definition) is 0. The molecule has 3 rings (SSSR count). The molecule has 0 aromatic rings. The molecule has 3 aliphatic rings. The molecule has 0 amide bonds. The predicted molar refractivity (Wildman–Crippen MR) is 112 cm³/mol. The fourth-order valence-electron chi connectivity index (χ4n) is 4.26. The molecule has 5 atom stereocenters. The Hall–Kier alpha value is -0.493. The molecule has 0 radical (unpaired) electrons. The standard InChI is InChI=1S/C22H40O4Si/c1-15(2)18(13-26-27(8,9)21(3,4)5)17-12-22(6)11-10-16(17)19(20(22)23)25-14-24-7/h10-11,15-19H,12-14H2,1-9H3. The molecule has 2 bridgehead atoms. The fraction of sp³-hybridized carbons (Fsp3) is 0.864. The van der Waals surface area contributed by atoms with Crippen LogP contribution < -0.4 is 0 Å². The Morgan fingerprint density at radius 3 is 2.44 bits per heavy atom. The van der Waals surface area contributed by atoms with Gasteiger partial charge < -0.3 is 13.9 Å². The highest BCUT2D eigenvalue weighted by molar-refractivity contribution is 6.74. The van der Waals surface area contributed by atoms with Gasteiger partial charge in [0.25, 0.3) is 0 Å². The SMILES string of the molecule is COCOC1C(=O)C2(C)C=CC1C(C(CO[Si](C)(C)C(C)(C)C)C(C)C)C2. The molecule has 0 saturated heterocycles. The van der Waals surface area contributed by atoms with E-state index in [1.54, 1.807) is 7.11 Å². The molecule has 5 unspecified atom stereocenters. The predicted octanol–water partition coefficient (Wildman–Crippen LogP) is 5.05. The van der Waals surface area contributed by atoms with Crippen LogP contribution in [0.4, 0.5) is 0 Å². The number of fused-ring (bicyclic) bond motifs is 2. The van der Waals surface area contributed by atoms with E-state index in [-0.39, 0.29) is 23.5 Å². The molecule has 0 aromatic carbocycles. The quantitative estimate of drug-likeness (QED) is 0.327. The van der Waals surface area contributed by atoms with Gasteiger partial charge in [0.1, 0.15) is 12.9 Å². The van der Waals surface area contributed by atoms with E-state index in [9.17, 15) is 4.79 Å². The summed E-state index contributed by atoms with van der Waals surface area (Å²) < 4.78 is 17.6. The molecule has 1 saturated carbocycles. The van der Waals surface area contributed by atoms with Crippen molar-refractivity contribution in [3.63, 3.8) is 0 Å². The Labute approximate surface area is 167 Å². The maximum atomic E-state index is 12.9. The summed E-state index contributed by atoms with van der Waals surface area (Å²) in [6.45, 7) is 19.0. The highest BCUT2D eigenvalue weighted by Gasteiger charge is 2.54. The van der Waals surface area contributed by atoms with Gasteiger partial charge in [0.15, 0.2) is 14.1 Å². The smallest absolute Gasteiger partial charge is 0.191 e. The lowest BCUT2D eigenvalue weighted by molar-refractivity contribution is -0.166. The topological polar surface area (TPSA) is 44.8 Å². The van der Waals surface area contributed by atoms with Crippen LogP contribution in [-0.4, -0.2) is 40.7 Å². The van der Waals surface area contributed by atoms with E-state index in [0.29, 0.717) is 17.8 Å². The van der Waals surface area contributed by atoms with Crippen LogP contribution in [0.3, 0.4) is 0 Å². The normalized spacial score (nSPS) is 32.4. The minimum Gasteiger partial charge on any atom is -0.417 e. The van der Waals surface area contributed by atoms with E-state index >= 15 is 0 Å². The number of rotatable bonds is 8. The third-order valence-electron chi connectivity index (χ3n) is 7.23. The lowest BCUT2D eigenvalue weighted by Crippen LogP contribution is -2.56. The van der Waals surface area contributed by atoms with Crippen molar-refractivity contribution >= 4 is 14.1 Å². The Balaban J connectivity index is 2.22. The molecule has 0 heterocycles. The van der Waals surface area contributed by atoms with E-state index in [0.717, 1.165) is 13.0 Å². The van der Waals surface area contributed by atoms with Gasteiger partial charge in [0.05, 0.1) is 0 Å². The van der Waals surface area contributed by atoms with Crippen LogP contribution in [0.5, 0.6) is 0 Å². The van der Waals surface area contributed by atoms with Crippen LogP contribution in [0.25, 0.3) is 0 Å². The first kappa shape index (κ1) is 22.8. The summed E-state index contributed by atoms with van der Waals surface area (Å²) in [6.07, 6.45) is 4.82. The van der Waals surface area contributed by atoms with Gasteiger partial charge in [-0.2, -0.15) is 0 Å². The van der Waals surface area contributed by atoms with Gasteiger partial charge in [0.2, 0.25) is 0 Å². The van der Waals surface area contributed by atoms with Gasteiger partial charge in [-0.1, -0.05) is 46.8 Å². The van der Waals surface area contributed by atoms with Gasteiger partial charge in [0, 0.05) is 25.0 Å². The van der Waals surface area contributed by atoms with Crippen molar-refractivity contribution < 1.29 is 18.7 Å². The first-order chi connectivity index (χ1) is 12.3. The third kappa shape index (κ3) is 4.57. The molecule has 1 fully saturated rings. The highest BCUT2D eigenvalue weighted by Crippen LogP contribution is 2.51. The maximum absolute atomic E-state index is 12.9. The zero-order chi connectivity index (χ0) is 20.6. The Morgan fingerprint density at radius 1 is 1.30 bits per heavy atom. The Kier molecular flexibility index (Phi) is 6.83. The van der Waals surface area contributed by atoms with Gasteiger partial charge in [-0.25, -0.2) is 0 Å². The molecule has 0 N–H and O–H groups in total. The summed E-state index contributed by atoms with van der Waals surface area (Å²) in [6, 6.07) is 0. The van der Waals surface area contributed by atoms with E-state index in [1.165, 1.54) is 0 Å². The minimum absolute atomic E-state index is 0.116. The highest BCUT2D eigenvalue weighted by atomic mass is 28.4. The Bertz CT molecular complexity index is 563. The van der Waals surface area contributed by atoms with Crippen LogP contribution in [-0.2, 0) is 18.7 Å². The lowest BCUT2D eigenvalue weighted by atomic mass is 9.55. The van der Waals surface area contributed by atoms with Crippen LogP contribution in [0.1, 0.15) is 48.0 Å². The van der Waals surface area contributed by atoms with Gasteiger partial charge >= 0.3 is 0 Å². The average molecular weight is 397 g/mol. The van der Waals surface area contributed by atoms with Crippen molar-refractivity contribution in [3.05, 3.63) is 12.2 Å². The fourth-order valence-corrected chi connectivity index (χ4v) is 5.31. The summed E-state index contributed by atoms with van der Waals surface area (Å²) in [4.78, 5) is 12.9. The number of allylic oxidation sites excluding steroid dienone is 1. The summed E-state index contributed by atoms with van der Waals surface area (Å²) >= 11 is 0. The summed E-state index contributed by atoms with van der Waals surface area (Å²) in [5, 5.41) is 0.200. The number of ether oxygens (including phenoxy) is 2. The molecule has 156 valence electrons. The monoisotopic (exact) mass is 396 g/mol. The van der Waals surface area contributed by atoms with E-state index in [4.69, 9.17) is 13.9 Å². The van der Waals surface area contributed by atoms with Gasteiger partial charge in [-0.3, -0.25) is 4.79 Å². The summed E-state index contributed by atoms with van der Waals surface area (Å²) in [5.74, 6) is 1.62. The molecule has 0 aromatic heterocycles. The first-order valence-electron chi connectivity index (χ1n) is 10.3. The van der Waals surface area contributed by atoms with Crippen molar-refractivity contribution in [1.29, 1.82) is 0 Å². The number of carbonyl (C=O) groups is 1. The third-order valence-corrected chi connectivity index (χ3v) is 11.7. The average Bonchev–Trinajstić information content (AvgIpc) is 2.54. The Morgan fingerprint density at radius 2 is 1.93 bits per heavy atom. The second-order valence-corrected chi connectivity index (χ2v) is 15.4. The maximum Gasteiger partial charge on any atom is 0.191 e. The van der Waals surface area contributed by atoms with Crippen molar-refractivity contribution in [2.75, 3.05) is 20.5 Å². The number of ketones is 1. The van der Waals surface area contributed by atoms with Crippen molar-refractivity contribution in [1.82, 2.24) is 0 Å². The number of methoxy groups -OCH3 is 1. The largest absolute Gasteiger partial charge is 0.417 e. The van der Waals surface area contributed by atoms with E-state index in [1.807, 2.05) is 0 Å². The van der Waals surface area contributed by atoms with Gasteiger partial charge in [-0.05, 0) is 49.2 Å². The summed E-state index contributed by atoms with van der Waals surface area (Å²) in [7, 11) is -0.203. The van der Waals surface area contributed by atoms with E-state index in [2.05, 4.69) is 66.8 Å². The number of carbonyl (C=O) groups excluding carboxylic acids is 1. The zero-order valence-electron chi connectivity index (χ0n) is 18.8. The number of hydrogen-bond acceptors (Lipinski definition) is 4. The second kappa shape index (κ2) is 8.09. The van der Waals surface area contributed by atoms with Gasteiger partial charge in [-0.15, -0.1) is 0 Å². The first-order valence-corrected chi connectivity index (χ1v) is 13.2. The molecule has 0 spiro atoms. The van der Waals surface area contributed by atoms with Crippen LogP contribution in [0.2, 0.25) is 18.1 Å². The molecule has 4 nitrogen and oxygen atoms in total. The van der Waals surface area contributed by atoms with Crippen molar-refractivity contribution in [3.8, 4) is 0 Å². The lowest BCUT2D eigenvalue weighted by Gasteiger charge is -2.51. The van der Waals surface area contributed by atoms with Crippen LogP contribution in [0, 0.1) is 29.1 Å². The molecular weight excluding hydrogens is 356 g/mol. The van der Waals surface area contributed by atoms with Crippen LogP contribution in [0.15, 0.2) is 12.2 Å². The van der Waals surface area contributed by atoms with Crippen molar-refractivity contribution in [2.45, 2.75) is 72.2 Å². The molecule has 5 heteroatoms.